The summed E-state index contributed by atoms with van der Waals surface area (Å²) in [5.74, 6) is 0. The van der Waals surface area contributed by atoms with Crippen molar-refractivity contribution in [3.05, 3.63) is 87.6 Å². The highest BCUT2D eigenvalue weighted by atomic mass is 32.1. The topological polar surface area (TPSA) is 42.5 Å². The molecule has 3 aromatic heterocycles. The van der Waals surface area contributed by atoms with Gasteiger partial charge in [0, 0.05) is 11.6 Å². The van der Waals surface area contributed by atoms with Gasteiger partial charge in [0.25, 0.3) is 0 Å². The lowest BCUT2D eigenvalue weighted by molar-refractivity contribution is 0.848. The highest BCUT2D eigenvalue weighted by Gasteiger charge is 2.10. The Hall–Kier alpha value is -2.83. The molecule has 0 fully saturated rings. The van der Waals surface area contributed by atoms with Gasteiger partial charge in [0.1, 0.15) is 0 Å². The highest BCUT2D eigenvalue weighted by Crippen LogP contribution is 2.26. The zero-order valence-corrected chi connectivity index (χ0v) is 16.7. The van der Waals surface area contributed by atoms with Gasteiger partial charge in [0.15, 0.2) is 0 Å². The summed E-state index contributed by atoms with van der Waals surface area (Å²) in [7, 11) is 0. The van der Waals surface area contributed by atoms with E-state index < -0.39 is 0 Å². The van der Waals surface area contributed by atoms with Crippen LogP contribution in [-0.2, 0) is 0 Å². The van der Waals surface area contributed by atoms with Gasteiger partial charge in [0.2, 0.25) is 4.80 Å². The minimum absolute atomic E-state index is 0.836. The van der Waals surface area contributed by atoms with Crippen molar-refractivity contribution in [2.75, 3.05) is 0 Å². The molecule has 0 amide bonds. The number of rotatable bonds is 4. The van der Waals surface area contributed by atoms with Crippen molar-refractivity contribution in [1.29, 1.82) is 0 Å². The van der Waals surface area contributed by atoms with E-state index in [0.717, 1.165) is 38.0 Å². The van der Waals surface area contributed by atoms with Gasteiger partial charge in [-0.25, -0.2) is 9.67 Å². The number of nitrogens with zero attached hydrogens (tertiary/aromatic N) is 4. The molecular formula is C21H18N4S2. The van der Waals surface area contributed by atoms with E-state index in [1.54, 1.807) is 28.9 Å². The van der Waals surface area contributed by atoms with Crippen molar-refractivity contribution in [1.82, 2.24) is 9.66 Å². The number of thiazole rings is 1. The molecule has 0 bridgehead atoms. The Kier molecular flexibility index (Phi) is 5.09. The molecule has 0 saturated heterocycles. The maximum Gasteiger partial charge on any atom is 0.211 e. The number of hydrogen-bond donors (Lipinski definition) is 0. The van der Waals surface area contributed by atoms with Gasteiger partial charge in [0.05, 0.1) is 27.7 Å². The summed E-state index contributed by atoms with van der Waals surface area (Å²) >= 11 is 3.29. The predicted octanol–water partition coefficient (Wildman–Crippen LogP) is 5.49. The molecule has 27 heavy (non-hydrogen) atoms. The van der Waals surface area contributed by atoms with Crippen LogP contribution in [-0.4, -0.2) is 15.4 Å². The van der Waals surface area contributed by atoms with E-state index in [2.05, 4.69) is 40.9 Å². The first kappa shape index (κ1) is 17.6. The Morgan fingerprint density at radius 2 is 1.85 bits per heavy atom. The fraction of sp³-hybridized carbons (Fsp3) is 0.0952. The molecular weight excluding hydrogens is 372 g/mol. The summed E-state index contributed by atoms with van der Waals surface area (Å²) < 4.78 is 1.92. The average Bonchev–Trinajstić information content (AvgIpc) is 3.35. The Labute approximate surface area is 165 Å². The molecule has 6 heteroatoms. The fourth-order valence-corrected chi connectivity index (χ4v) is 4.27. The first-order chi connectivity index (χ1) is 13.2. The number of aryl methyl sites for hydroxylation is 1. The largest absolute Gasteiger partial charge is 0.255 e. The summed E-state index contributed by atoms with van der Waals surface area (Å²) in [4.78, 5) is 11.3. The quantitative estimate of drug-likeness (QED) is 0.425. The molecule has 0 unspecified atom stereocenters. The number of para-hydroxylation sites is 1. The molecule has 0 saturated carbocycles. The fourth-order valence-electron chi connectivity index (χ4n) is 2.64. The van der Waals surface area contributed by atoms with Crippen LogP contribution in [0, 0.1) is 6.92 Å². The third-order valence-electron chi connectivity index (χ3n) is 4.08. The van der Waals surface area contributed by atoms with E-state index in [0.29, 0.717) is 0 Å². The van der Waals surface area contributed by atoms with Gasteiger partial charge in [-0.2, -0.15) is 5.10 Å². The second kappa shape index (κ2) is 7.82. The highest BCUT2D eigenvalue weighted by molar-refractivity contribution is 7.14. The van der Waals surface area contributed by atoms with E-state index in [9.17, 15) is 0 Å². The van der Waals surface area contributed by atoms with Gasteiger partial charge in [-0.3, -0.25) is 4.98 Å². The molecule has 4 aromatic rings. The van der Waals surface area contributed by atoms with E-state index in [-0.39, 0.29) is 0 Å². The van der Waals surface area contributed by atoms with Crippen molar-refractivity contribution in [2.24, 2.45) is 10.1 Å². The van der Waals surface area contributed by atoms with Crippen LogP contribution in [0.5, 0.6) is 0 Å². The molecule has 0 aliphatic heterocycles. The van der Waals surface area contributed by atoms with Crippen molar-refractivity contribution in [3.8, 4) is 10.6 Å². The zero-order valence-electron chi connectivity index (χ0n) is 15.0. The molecule has 0 radical (unpaired) electrons. The molecule has 0 N–H and O–H groups in total. The molecule has 0 atom stereocenters. The molecule has 4 nitrogen and oxygen atoms in total. The zero-order chi connectivity index (χ0) is 18.6. The number of thiophene rings is 1. The van der Waals surface area contributed by atoms with Crippen LogP contribution in [0.2, 0.25) is 0 Å². The molecule has 1 aromatic carbocycles. The van der Waals surface area contributed by atoms with Crippen LogP contribution in [0.4, 0.5) is 5.69 Å². The minimum Gasteiger partial charge on any atom is -0.255 e. The summed E-state index contributed by atoms with van der Waals surface area (Å²) in [6.07, 6.45) is 1.78. The summed E-state index contributed by atoms with van der Waals surface area (Å²) in [6, 6.07) is 18.1. The Balaban J connectivity index is 1.90. The normalized spacial score (nSPS) is 12.5. The standard InChI is InChI=1S/C21H18N4S2/c1-15-8-3-4-9-17(15)23-21-25(19(14-27-21)20-11-7-13-26-20)24-16(2)18-10-5-6-12-22-18/h3-14H,1-2H3. The summed E-state index contributed by atoms with van der Waals surface area (Å²) in [5, 5.41) is 9.05. The van der Waals surface area contributed by atoms with Crippen molar-refractivity contribution in [3.63, 3.8) is 0 Å². The van der Waals surface area contributed by atoms with Crippen LogP contribution in [0.3, 0.4) is 0 Å². The number of benzene rings is 1. The third-order valence-corrected chi connectivity index (χ3v) is 5.78. The van der Waals surface area contributed by atoms with Crippen LogP contribution in [0.1, 0.15) is 18.2 Å². The molecule has 0 aliphatic carbocycles. The molecule has 3 heterocycles. The van der Waals surface area contributed by atoms with Gasteiger partial charge in [-0.1, -0.05) is 30.3 Å². The van der Waals surface area contributed by atoms with Crippen molar-refractivity contribution in [2.45, 2.75) is 13.8 Å². The summed E-state index contributed by atoms with van der Waals surface area (Å²) in [5.41, 5.74) is 4.84. The second-order valence-corrected chi connectivity index (χ2v) is 7.78. The third kappa shape index (κ3) is 3.82. The number of pyridine rings is 1. The lowest BCUT2D eigenvalue weighted by Crippen LogP contribution is -2.14. The van der Waals surface area contributed by atoms with Gasteiger partial charge in [-0.05, 0) is 49.1 Å². The van der Waals surface area contributed by atoms with Crippen LogP contribution >= 0.6 is 22.7 Å². The maximum absolute atomic E-state index is 4.88. The first-order valence-electron chi connectivity index (χ1n) is 8.54. The van der Waals surface area contributed by atoms with Gasteiger partial charge < -0.3 is 0 Å². The lowest BCUT2D eigenvalue weighted by Gasteiger charge is -2.05. The van der Waals surface area contributed by atoms with Gasteiger partial charge in [-0.15, -0.1) is 22.7 Å². The summed E-state index contributed by atoms with van der Waals surface area (Å²) in [6.45, 7) is 4.04. The SMILES string of the molecule is CC(=Nn1c(-c2cccs2)csc1=Nc1ccccc1C)c1ccccn1. The van der Waals surface area contributed by atoms with E-state index in [1.165, 1.54) is 0 Å². The molecule has 0 aliphatic rings. The van der Waals surface area contributed by atoms with E-state index in [1.807, 2.05) is 48.0 Å². The monoisotopic (exact) mass is 390 g/mol. The smallest absolute Gasteiger partial charge is 0.211 e. The van der Waals surface area contributed by atoms with Crippen molar-refractivity contribution < 1.29 is 0 Å². The minimum atomic E-state index is 0.836. The van der Waals surface area contributed by atoms with Crippen LogP contribution in [0.25, 0.3) is 10.6 Å². The van der Waals surface area contributed by atoms with E-state index >= 15 is 0 Å². The Morgan fingerprint density at radius 3 is 2.59 bits per heavy atom. The maximum atomic E-state index is 4.88. The Morgan fingerprint density at radius 1 is 1.00 bits per heavy atom. The molecule has 4 rings (SSSR count). The lowest BCUT2D eigenvalue weighted by atomic mass is 10.2. The second-order valence-electron chi connectivity index (χ2n) is 5.99. The van der Waals surface area contributed by atoms with Crippen molar-refractivity contribution >= 4 is 34.1 Å². The van der Waals surface area contributed by atoms with Crippen LogP contribution < -0.4 is 4.80 Å². The first-order valence-corrected chi connectivity index (χ1v) is 10.3. The average molecular weight is 391 g/mol. The number of hydrogen-bond acceptors (Lipinski definition) is 5. The van der Waals surface area contributed by atoms with Crippen LogP contribution in [0.15, 0.2) is 81.6 Å². The number of aromatic nitrogens is 2. The predicted molar refractivity (Wildman–Crippen MR) is 114 cm³/mol. The Bertz CT molecular complexity index is 1140. The van der Waals surface area contributed by atoms with E-state index in [4.69, 9.17) is 10.1 Å². The molecule has 0 spiro atoms. The molecule has 134 valence electrons. The van der Waals surface area contributed by atoms with Gasteiger partial charge >= 0.3 is 0 Å².